The van der Waals surface area contributed by atoms with Gasteiger partial charge in [0.1, 0.15) is 0 Å². The van der Waals surface area contributed by atoms with Crippen LogP contribution in [0, 0.1) is 5.92 Å². The molecule has 110 valence electrons. The molecule has 3 heteroatoms. The minimum absolute atomic E-state index is 0.483. The van der Waals surface area contributed by atoms with E-state index >= 15 is 0 Å². The zero-order valence-corrected chi connectivity index (χ0v) is 12.4. The van der Waals surface area contributed by atoms with Gasteiger partial charge in [0.05, 0.1) is 6.61 Å². The molecule has 2 fully saturated rings. The summed E-state index contributed by atoms with van der Waals surface area (Å²) in [5.74, 6) is 0.863. The van der Waals surface area contributed by atoms with Crippen LogP contribution in [0.2, 0.25) is 0 Å². The Morgan fingerprint density at radius 3 is 2.80 bits per heavy atom. The fourth-order valence-electron chi connectivity index (χ4n) is 2.95. The second-order valence-electron chi connectivity index (χ2n) is 6.25. The minimum atomic E-state index is 0.483. The molecule has 0 radical (unpaired) electrons. The van der Waals surface area contributed by atoms with Crippen LogP contribution < -0.4 is 5.32 Å². The molecule has 3 rings (SSSR count). The van der Waals surface area contributed by atoms with Crippen molar-refractivity contribution in [1.29, 1.82) is 0 Å². The van der Waals surface area contributed by atoms with Crippen LogP contribution in [0.3, 0.4) is 0 Å². The summed E-state index contributed by atoms with van der Waals surface area (Å²) in [6, 6.07) is 11.9. The molecule has 0 spiro atoms. The predicted octanol–water partition coefficient (Wildman–Crippen LogP) is 2.45. The van der Waals surface area contributed by atoms with Crippen LogP contribution in [0.15, 0.2) is 30.3 Å². The molecule has 1 aliphatic carbocycles. The Balaban J connectivity index is 1.55. The SMILES string of the molecule is CC1CN(CCOCC2CC2)C(c2ccccc2)CN1. The van der Waals surface area contributed by atoms with Crippen molar-refractivity contribution >= 4 is 0 Å². The van der Waals surface area contributed by atoms with Crippen LogP contribution >= 0.6 is 0 Å². The summed E-state index contributed by atoms with van der Waals surface area (Å²) >= 11 is 0. The van der Waals surface area contributed by atoms with E-state index in [4.69, 9.17) is 4.74 Å². The fraction of sp³-hybridized carbons (Fsp3) is 0.647. The molecule has 0 bridgehead atoms. The lowest BCUT2D eigenvalue weighted by Crippen LogP contribution is -2.51. The molecular formula is C17H26N2O. The summed E-state index contributed by atoms with van der Waals surface area (Å²) in [7, 11) is 0. The number of ether oxygens (including phenoxy) is 1. The highest BCUT2D eigenvalue weighted by Gasteiger charge is 2.27. The van der Waals surface area contributed by atoms with Gasteiger partial charge < -0.3 is 10.1 Å². The molecule has 20 heavy (non-hydrogen) atoms. The van der Waals surface area contributed by atoms with Crippen molar-refractivity contribution in [2.45, 2.75) is 31.8 Å². The number of nitrogens with one attached hydrogen (secondary N) is 1. The van der Waals surface area contributed by atoms with Crippen molar-refractivity contribution < 1.29 is 4.74 Å². The maximum Gasteiger partial charge on any atom is 0.0593 e. The van der Waals surface area contributed by atoms with Crippen molar-refractivity contribution in [3.63, 3.8) is 0 Å². The maximum absolute atomic E-state index is 5.82. The highest BCUT2D eigenvalue weighted by atomic mass is 16.5. The zero-order valence-electron chi connectivity index (χ0n) is 12.4. The average molecular weight is 274 g/mol. The second-order valence-corrected chi connectivity index (χ2v) is 6.25. The topological polar surface area (TPSA) is 24.5 Å². The Labute approximate surface area is 122 Å². The van der Waals surface area contributed by atoms with E-state index in [1.165, 1.54) is 18.4 Å². The first kappa shape index (κ1) is 14.1. The van der Waals surface area contributed by atoms with Gasteiger partial charge in [0, 0.05) is 38.3 Å². The van der Waals surface area contributed by atoms with Crippen LogP contribution in [-0.4, -0.2) is 43.8 Å². The third-order valence-corrected chi connectivity index (χ3v) is 4.37. The van der Waals surface area contributed by atoms with Crippen molar-refractivity contribution in [3.05, 3.63) is 35.9 Å². The highest BCUT2D eigenvalue weighted by Crippen LogP contribution is 2.29. The molecule has 0 amide bonds. The van der Waals surface area contributed by atoms with E-state index in [1.54, 1.807) is 0 Å². The third-order valence-electron chi connectivity index (χ3n) is 4.37. The van der Waals surface area contributed by atoms with Gasteiger partial charge in [-0.05, 0) is 31.2 Å². The molecular weight excluding hydrogens is 248 g/mol. The van der Waals surface area contributed by atoms with Crippen LogP contribution in [0.1, 0.15) is 31.4 Å². The average Bonchev–Trinajstić information content (AvgIpc) is 3.29. The molecule has 1 heterocycles. The number of rotatable bonds is 6. The number of hydrogen-bond donors (Lipinski definition) is 1. The van der Waals surface area contributed by atoms with Gasteiger partial charge >= 0.3 is 0 Å². The minimum Gasteiger partial charge on any atom is -0.380 e. The number of piperazine rings is 1. The Kier molecular flexibility index (Phi) is 4.71. The Morgan fingerprint density at radius 1 is 1.25 bits per heavy atom. The summed E-state index contributed by atoms with van der Waals surface area (Å²) in [6.07, 6.45) is 2.74. The van der Waals surface area contributed by atoms with Crippen LogP contribution in [0.5, 0.6) is 0 Å². The number of nitrogens with zero attached hydrogens (tertiary/aromatic N) is 1. The van der Waals surface area contributed by atoms with E-state index in [0.717, 1.165) is 38.8 Å². The molecule has 0 aromatic heterocycles. The lowest BCUT2D eigenvalue weighted by atomic mass is 10.0. The first-order valence-electron chi connectivity index (χ1n) is 7.93. The highest BCUT2D eigenvalue weighted by molar-refractivity contribution is 5.20. The van der Waals surface area contributed by atoms with Gasteiger partial charge in [0.25, 0.3) is 0 Å². The van der Waals surface area contributed by atoms with Gasteiger partial charge in [0.15, 0.2) is 0 Å². The largest absolute Gasteiger partial charge is 0.380 e. The van der Waals surface area contributed by atoms with E-state index in [-0.39, 0.29) is 0 Å². The van der Waals surface area contributed by atoms with Crippen molar-refractivity contribution in [1.82, 2.24) is 10.2 Å². The molecule has 3 nitrogen and oxygen atoms in total. The first-order valence-corrected chi connectivity index (χ1v) is 7.93. The molecule has 2 aliphatic rings. The summed E-state index contributed by atoms with van der Waals surface area (Å²) in [4.78, 5) is 2.57. The molecule has 1 saturated heterocycles. The summed E-state index contributed by atoms with van der Waals surface area (Å²) in [6.45, 7) is 7.28. The van der Waals surface area contributed by atoms with Crippen molar-refractivity contribution in [3.8, 4) is 0 Å². The monoisotopic (exact) mass is 274 g/mol. The van der Waals surface area contributed by atoms with E-state index in [0.29, 0.717) is 12.1 Å². The van der Waals surface area contributed by atoms with Gasteiger partial charge in [-0.3, -0.25) is 4.90 Å². The quantitative estimate of drug-likeness (QED) is 0.806. The van der Waals surface area contributed by atoms with E-state index in [2.05, 4.69) is 47.5 Å². The van der Waals surface area contributed by atoms with Crippen LogP contribution in [0.4, 0.5) is 0 Å². The fourth-order valence-corrected chi connectivity index (χ4v) is 2.95. The molecule has 1 saturated carbocycles. The van der Waals surface area contributed by atoms with Crippen molar-refractivity contribution in [2.75, 3.05) is 32.8 Å². The third kappa shape index (κ3) is 3.81. The Bertz CT molecular complexity index is 405. The number of hydrogen-bond acceptors (Lipinski definition) is 3. The lowest BCUT2D eigenvalue weighted by Gasteiger charge is -2.39. The van der Waals surface area contributed by atoms with Gasteiger partial charge in [-0.2, -0.15) is 0 Å². The lowest BCUT2D eigenvalue weighted by molar-refractivity contribution is 0.0629. The van der Waals surface area contributed by atoms with Gasteiger partial charge in [0.2, 0.25) is 0 Å². The predicted molar refractivity (Wildman–Crippen MR) is 81.8 cm³/mol. The molecule has 2 atom stereocenters. The standard InChI is InChI=1S/C17H26N2O/c1-14-12-19(9-10-20-13-15-7-8-15)17(11-18-14)16-5-3-2-4-6-16/h2-6,14-15,17-18H,7-13H2,1H3. The Hall–Kier alpha value is -0.900. The van der Waals surface area contributed by atoms with Gasteiger partial charge in [-0.25, -0.2) is 0 Å². The summed E-state index contributed by atoms with van der Waals surface area (Å²) in [5, 5.41) is 3.60. The molecule has 1 N–H and O–H groups in total. The molecule has 1 aromatic rings. The van der Waals surface area contributed by atoms with Crippen molar-refractivity contribution in [2.24, 2.45) is 5.92 Å². The van der Waals surface area contributed by atoms with Crippen LogP contribution in [-0.2, 0) is 4.74 Å². The zero-order chi connectivity index (χ0) is 13.8. The molecule has 1 aliphatic heterocycles. The Morgan fingerprint density at radius 2 is 2.05 bits per heavy atom. The maximum atomic E-state index is 5.82. The van der Waals surface area contributed by atoms with E-state index in [9.17, 15) is 0 Å². The summed E-state index contributed by atoms with van der Waals surface area (Å²) < 4.78 is 5.82. The van der Waals surface area contributed by atoms with Crippen LogP contribution in [0.25, 0.3) is 0 Å². The molecule has 2 unspecified atom stereocenters. The van der Waals surface area contributed by atoms with Gasteiger partial charge in [-0.15, -0.1) is 0 Å². The van der Waals surface area contributed by atoms with E-state index in [1.807, 2.05) is 0 Å². The summed E-state index contributed by atoms with van der Waals surface area (Å²) in [5.41, 5.74) is 1.41. The second kappa shape index (κ2) is 6.70. The molecule has 1 aromatic carbocycles. The number of benzene rings is 1. The first-order chi connectivity index (χ1) is 9.83. The van der Waals surface area contributed by atoms with E-state index < -0.39 is 0 Å². The smallest absolute Gasteiger partial charge is 0.0593 e. The van der Waals surface area contributed by atoms with Gasteiger partial charge in [-0.1, -0.05) is 30.3 Å². The normalized spacial score (nSPS) is 27.6.